The van der Waals surface area contributed by atoms with Gasteiger partial charge in [-0.05, 0) is 48.9 Å². The third-order valence-corrected chi connectivity index (χ3v) is 6.23. The first-order chi connectivity index (χ1) is 17.6. The summed E-state index contributed by atoms with van der Waals surface area (Å²) in [5, 5.41) is 1.05. The van der Waals surface area contributed by atoms with E-state index < -0.39 is 0 Å². The van der Waals surface area contributed by atoms with Crippen molar-refractivity contribution in [1.82, 2.24) is 19.1 Å². The van der Waals surface area contributed by atoms with Crippen molar-refractivity contribution in [1.29, 1.82) is 0 Å². The Bertz CT molecular complexity index is 1440. The molecule has 0 amide bonds. The van der Waals surface area contributed by atoms with E-state index in [0.717, 1.165) is 54.1 Å². The van der Waals surface area contributed by atoms with E-state index in [9.17, 15) is 0 Å². The first kappa shape index (κ1) is 24.2. The van der Waals surface area contributed by atoms with Gasteiger partial charge in [-0.15, -0.1) is 0 Å². The van der Waals surface area contributed by atoms with E-state index >= 15 is 0 Å². The lowest BCUT2D eigenvalue weighted by Gasteiger charge is -2.12. The van der Waals surface area contributed by atoms with Gasteiger partial charge in [0.15, 0.2) is 0 Å². The van der Waals surface area contributed by atoms with Gasteiger partial charge in [-0.3, -0.25) is 0 Å². The molecule has 3 aromatic carbocycles. The van der Waals surface area contributed by atoms with E-state index in [-0.39, 0.29) is 0 Å². The number of hydrogen-bond donors (Lipinski definition) is 0. The molecular formula is C28H26Cl2N4O2. The molecule has 0 bridgehead atoms. The monoisotopic (exact) mass is 520 g/mol. The van der Waals surface area contributed by atoms with Crippen LogP contribution in [0.25, 0.3) is 22.4 Å². The number of hydrogen-bond acceptors (Lipinski definition) is 4. The zero-order valence-electron chi connectivity index (χ0n) is 19.9. The van der Waals surface area contributed by atoms with E-state index in [4.69, 9.17) is 37.7 Å². The number of imidazole rings is 2. The number of aromatic nitrogens is 4. The van der Waals surface area contributed by atoms with Crippen LogP contribution in [-0.4, -0.2) is 25.7 Å². The van der Waals surface area contributed by atoms with Crippen molar-refractivity contribution in [2.45, 2.75) is 32.9 Å². The maximum absolute atomic E-state index is 6.14. The standard InChI is InChI=1S/C28H26Cl2N4O2/c1-2-3-10-34-27-18-23(35-13-12-33-11-9-31-19-33)7-8-26(27)32-28(34)20-5-4-6-24(14-20)36-25-16-21(29)15-22(30)17-25/h4-9,11,14-19H,2-3,10,12-13H2,1H3. The molecule has 0 aliphatic rings. The summed E-state index contributed by atoms with van der Waals surface area (Å²) in [6.45, 7) is 4.34. The van der Waals surface area contributed by atoms with Crippen LogP contribution in [0.3, 0.4) is 0 Å². The number of rotatable bonds is 10. The van der Waals surface area contributed by atoms with Crippen molar-refractivity contribution in [2.24, 2.45) is 0 Å². The molecule has 0 aliphatic heterocycles. The lowest BCUT2D eigenvalue weighted by molar-refractivity contribution is 0.298. The molecule has 36 heavy (non-hydrogen) atoms. The molecule has 0 atom stereocenters. The van der Waals surface area contributed by atoms with Gasteiger partial charge in [0.05, 0.1) is 23.9 Å². The van der Waals surface area contributed by atoms with E-state index in [1.807, 2.05) is 47.2 Å². The Morgan fingerprint density at radius 1 is 0.889 bits per heavy atom. The Morgan fingerprint density at radius 3 is 2.53 bits per heavy atom. The average Bonchev–Trinajstić information content (AvgIpc) is 3.50. The Kier molecular flexibility index (Phi) is 7.44. The number of aryl methyl sites for hydroxylation is 1. The van der Waals surface area contributed by atoms with Crippen LogP contribution in [0.15, 0.2) is 79.4 Å². The highest BCUT2D eigenvalue weighted by atomic mass is 35.5. The number of nitrogens with zero attached hydrogens (tertiary/aromatic N) is 4. The summed E-state index contributed by atoms with van der Waals surface area (Å²) in [7, 11) is 0. The minimum atomic E-state index is 0.526. The Labute approximate surface area is 220 Å². The molecular weight excluding hydrogens is 495 g/mol. The van der Waals surface area contributed by atoms with Crippen LogP contribution in [0.1, 0.15) is 19.8 Å². The minimum Gasteiger partial charge on any atom is -0.492 e. The smallest absolute Gasteiger partial charge is 0.141 e. The Morgan fingerprint density at radius 2 is 1.75 bits per heavy atom. The second-order valence-electron chi connectivity index (χ2n) is 8.48. The van der Waals surface area contributed by atoms with Crippen molar-refractivity contribution < 1.29 is 9.47 Å². The fourth-order valence-electron chi connectivity index (χ4n) is 4.07. The topological polar surface area (TPSA) is 54.1 Å². The maximum atomic E-state index is 6.14. The van der Waals surface area contributed by atoms with E-state index in [0.29, 0.717) is 28.2 Å². The molecule has 6 nitrogen and oxygen atoms in total. The third-order valence-electron chi connectivity index (χ3n) is 5.80. The highest BCUT2D eigenvalue weighted by Crippen LogP contribution is 2.33. The van der Waals surface area contributed by atoms with Gasteiger partial charge in [-0.25, -0.2) is 9.97 Å². The molecule has 0 saturated heterocycles. The minimum absolute atomic E-state index is 0.526. The normalized spacial score (nSPS) is 11.2. The predicted molar refractivity (Wildman–Crippen MR) is 144 cm³/mol. The van der Waals surface area contributed by atoms with Crippen LogP contribution in [0.5, 0.6) is 17.2 Å². The fraction of sp³-hybridized carbons (Fsp3) is 0.214. The van der Waals surface area contributed by atoms with Gasteiger partial charge in [0.25, 0.3) is 0 Å². The quantitative estimate of drug-likeness (QED) is 0.188. The van der Waals surface area contributed by atoms with Gasteiger partial charge in [0.1, 0.15) is 29.7 Å². The molecule has 0 fully saturated rings. The van der Waals surface area contributed by atoms with Gasteiger partial charge >= 0.3 is 0 Å². The summed E-state index contributed by atoms with van der Waals surface area (Å²) in [6.07, 6.45) is 7.61. The van der Waals surface area contributed by atoms with E-state index in [1.165, 1.54) is 0 Å². The largest absolute Gasteiger partial charge is 0.492 e. The highest BCUT2D eigenvalue weighted by molar-refractivity contribution is 6.34. The number of benzene rings is 3. The molecule has 0 radical (unpaired) electrons. The molecule has 2 aromatic heterocycles. The van der Waals surface area contributed by atoms with Gasteiger partial charge < -0.3 is 18.6 Å². The van der Waals surface area contributed by atoms with Gasteiger partial charge in [-0.2, -0.15) is 0 Å². The van der Waals surface area contributed by atoms with Crippen molar-refractivity contribution in [3.8, 4) is 28.6 Å². The van der Waals surface area contributed by atoms with Crippen LogP contribution in [0, 0.1) is 0 Å². The van der Waals surface area contributed by atoms with Crippen molar-refractivity contribution in [3.63, 3.8) is 0 Å². The number of ether oxygens (including phenoxy) is 2. The van der Waals surface area contributed by atoms with Gasteiger partial charge in [0, 0.05) is 40.6 Å². The maximum Gasteiger partial charge on any atom is 0.141 e. The van der Waals surface area contributed by atoms with Crippen molar-refractivity contribution >= 4 is 34.2 Å². The molecule has 0 unspecified atom stereocenters. The van der Waals surface area contributed by atoms with Crippen molar-refractivity contribution in [2.75, 3.05) is 6.61 Å². The van der Waals surface area contributed by atoms with Crippen LogP contribution in [0.4, 0.5) is 0 Å². The Balaban J connectivity index is 1.44. The second kappa shape index (κ2) is 11.1. The lowest BCUT2D eigenvalue weighted by Crippen LogP contribution is -2.06. The van der Waals surface area contributed by atoms with E-state index in [1.54, 1.807) is 30.7 Å². The molecule has 184 valence electrons. The summed E-state index contributed by atoms with van der Waals surface area (Å²) in [6, 6.07) is 19.1. The predicted octanol–water partition coefficient (Wildman–Crippen LogP) is 7.88. The number of halogens is 2. The summed E-state index contributed by atoms with van der Waals surface area (Å²) in [5.41, 5.74) is 2.94. The van der Waals surface area contributed by atoms with Gasteiger partial charge in [0.2, 0.25) is 0 Å². The van der Waals surface area contributed by atoms with Crippen molar-refractivity contribution in [3.05, 3.63) is 89.4 Å². The summed E-state index contributed by atoms with van der Waals surface area (Å²) < 4.78 is 16.3. The lowest BCUT2D eigenvalue weighted by atomic mass is 10.2. The molecule has 0 N–H and O–H groups in total. The molecule has 5 rings (SSSR count). The molecule has 5 aromatic rings. The van der Waals surface area contributed by atoms with Crippen LogP contribution < -0.4 is 9.47 Å². The fourth-order valence-corrected chi connectivity index (χ4v) is 4.57. The number of fused-ring (bicyclic) bond motifs is 1. The molecule has 0 spiro atoms. The zero-order chi connectivity index (χ0) is 24.9. The molecule has 0 aliphatic carbocycles. The Hall–Kier alpha value is -3.48. The molecule has 2 heterocycles. The molecule has 8 heteroatoms. The SMILES string of the molecule is CCCCn1c(-c2cccc(Oc3cc(Cl)cc(Cl)c3)c2)nc2ccc(OCCn3ccnc3)cc21. The average molecular weight is 521 g/mol. The third kappa shape index (κ3) is 5.66. The van der Waals surface area contributed by atoms with E-state index in [2.05, 4.69) is 22.5 Å². The first-order valence-corrected chi connectivity index (χ1v) is 12.7. The van der Waals surface area contributed by atoms with Crippen LogP contribution >= 0.6 is 23.2 Å². The summed E-state index contributed by atoms with van der Waals surface area (Å²) >= 11 is 12.3. The summed E-state index contributed by atoms with van der Waals surface area (Å²) in [4.78, 5) is 9.04. The molecule has 0 saturated carbocycles. The van der Waals surface area contributed by atoms with Crippen LogP contribution in [-0.2, 0) is 13.1 Å². The van der Waals surface area contributed by atoms with Crippen LogP contribution in [0.2, 0.25) is 10.0 Å². The second-order valence-corrected chi connectivity index (χ2v) is 9.35. The first-order valence-electron chi connectivity index (χ1n) is 11.9. The van der Waals surface area contributed by atoms with Gasteiger partial charge in [-0.1, -0.05) is 48.7 Å². The summed E-state index contributed by atoms with van der Waals surface area (Å²) in [5.74, 6) is 2.98. The number of unbranched alkanes of at least 4 members (excludes halogenated alkanes) is 1. The zero-order valence-corrected chi connectivity index (χ0v) is 21.4. The highest BCUT2D eigenvalue weighted by Gasteiger charge is 2.14.